The highest BCUT2D eigenvalue weighted by molar-refractivity contribution is 7.89. The van der Waals surface area contributed by atoms with Crippen LogP contribution < -0.4 is 14.2 Å². The van der Waals surface area contributed by atoms with Gasteiger partial charge in [0.15, 0.2) is 0 Å². The Morgan fingerprint density at radius 1 is 0.821 bits per heavy atom. The lowest BCUT2D eigenvalue weighted by atomic mass is 10.00. The van der Waals surface area contributed by atoms with Gasteiger partial charge in [0, 0.05) is 12.1 Å². The van der Waals surface area contributed by atoms with Gasteiger partial charge in [-0.05, 0) is 11.1 Å². The predicted molar refractivity (Wildman–Crippen MR) is 110 cm³/mol. The highest BCUT2D eigenvalue weighted by Crippen LogP contribution is 2.36. The number of rotatable bonds is 7. The number of sulfonamides is 1. The van der Waals surface area contributed by atoms with Crippen molar-refractivity contribution in [2.45, 2.75) is 10.9 Å². The summed E-state index contributed by atoms with van der Waals surface area (Å²) in [6.07, 6.45) is 0. The molecule has 3 aromatic carbocycles. The first-order chi connectivity index (χ1) is 13.5. The van der Waals surface area contributed by atoms with E-state index in [2.05, 4.69) is 4.72 Å². The van der Waals surface area contributed by atoms with Gasteiger partial charge < -0.3 is 9.47 Å². The molecule has 7 heteroatoms. The molecule has 3 aromatic rings. The third-order valence-electron chi connectivity index (χ3n) is 4.27. The van der Waals surface area contributed by atoms with E-state index >= 15 is 0 Å². The van der Waals surface area contributed by atoms with Gasteiger partial charge in [-0.3, -0.25) is 0 Å². The molecule has 0 saturated carbocycles. The van der Waals surface area contributed by atoms with Gasteiger partial charge in [-0.2, -0.15) is 4.72 Å². The van der Waals surface area contributed by atoms with Crippen LogP contribution in [0, 0.1) is 0 Å². The second-order valence-electron chi connectivity index (χ2n) is 6.01. The third-order valence-corrected chi connectivity index (χ3v) is 6.01. The molecule has 5 nitrogen and oxygen atoms in total. The van der Waals surface area contributed by atoms with Gasteiger partial charge in [-0.1, -0.05) is 72.3 Å². The molecule has 0 aliphatic rings. The molecule has 0 spiro atoms. The van der Waals surface area contributed by atoms with Gasteiger partial charge in [0.05, 0.1) is 25.3 Å². The number of hydrogen-bond acceptors (Lipinski definition) is 4. The molecule has 0 saturated heterocycles. The Morgan fingerprint density at radius 3 is 1.79 bits per heavy atom. The second-order valence-corrected chi connectivity index (χ2v) is 8.10. The molecular weight excluding hydrogens is 398 g/mol. The fraction of sp³-hybridized carbons (Fsp3) is 0.143. The molecule has 0 aliphatic carbocycles. The summed E-state index contributed by atoms with van der Waals surface area (Å²) < 4.78 is 39.7. The molecule has 0 amide bonds. The smallest absolute Gasteiger partial charge is 0.245 e. The van der Waals surface area contributed by atoms with Crippen LogP contribution in [-0.2, 0) is 10.0 Å². The Kier molecular flexibility index (Phi) is 6.24. The summed E-state index contributed by atoms with van der Waals surface area (Å²) in [6, 6.07) is 20.9. The number of methoxy groups -OCH3 is 2. The molecule has 3 rings (SSSR count). The monoisotopic (exact) mass is 417 g/mol. The zero-order chi connectivity index (χ0) is 20.1. The van der Waals surface area contributed by atoms with Crippen molar-refractivity contribution in [2.24, 2.45) is 0 Å². The number of nitrogens with one attached hydrogen (secondary N) is 1. The minimum absolute atomic E-state index is 0.0480. The minimum Gasteiger partial charge on any atom is -0.495 e. The molecule has 0 aromatic heterocycles. The van der Waals surface area contributed by atoms with Crippen LogP contribution in [-0.4, -0.2) is 22.6 Å². The summed E-state index contributed by atoms with van der Waals surface area (Å²) in [6.45, 7) is 0. The second kappa shape index (κ2) is 8.65. The maximum atomic E-state index is 13.3. The van der Waals surface area contributed by atoms with E-state index in [4.69, 9.17) is 21.1 Å². The lowest BCUT2D eigenvalue weighted by Gasteiger charge is -2.21. The average Bonchev–Trinajstić information content (AvgIpc) is 2.73. The van der Waals surface area contributed by atoms with Crippen molar-refractivity contribution >= 4 is 21.6 Å². The summed E-state index contributed by atoms with van der Waals surface area (Å²) in [5.41, 5.74) is 1.63. The van der Waals surface area contributed by atoms with Crippen LogP contribution in [0.2, 0.25) is 5.02 Å². The number of benzene rings is 3. The Hall–Kier alpha value is -2.54. The fourth-order valence-electron chi connectivity index (χ4n) is 2.88. The number of hydrogen-bond donors (Lipinski definition) is 1. The summed E-state index contributed by atoms with van der Waals surface area (Å²) in [5.74, 6) is 0.386. The lowest BCUT2D eigenvalue weighted by Crippen LogP contribution is -2.29. The molecule has 146 valence electrons. The van der Waals surface area contributed by atoms with Crippen molar-refractivity contribution in [2.75, 3.05) is 14.2 Å². The van der Waals surface area contributed by atoms with Crippen molar-refractivity contribution < 1.29 is 17.9 Å². The van der Waals surface area contributed by atoms with Crippen molar-refractivity contribution in [1.82, 2.24) is 4.72 Å². The van der Waals surface area contributed by atoms with Crippen LogP contribution in [0.5, 0.6) is 11.5 Å². The van der Waals surface area contributed by atoms with Crippen molar-refractivity contribution in [1.29, 1.82) is 0 Å². The van der Waals surface area contributed by atoms with E-state index in [1.807, 2.05) is 60.7 Å². The predicted octanol–water partition coefficient (Wildman–Crippen LogP) is 4.43. The Morgan fingerprint density at radius 2 is 1.32 bits per heavy atom. The zero-order valence-electron chi connectivity index (χ0n) is 15.4. The summed E-state index contributed by atoms with van der Waals surface area (Å²) in [4.78, 5) is -0.0480. The highest BCUT2D eigenvalue weighted by atomic mass is 35.5. The maximum absolute atomic E-state index is 13.3. The molecule has 28 heavy (non-hydrogen) atoms. The van der Waals surface area contributed by atoms with Crippen molar-refractivity contribution in [3.05, 3.63) is 88.9 Å². The van der Waals surface area contributed by atoms with E-state index in [0.29, 0.717) is 0 Å². The quantitative estimate of drug-likeness (QED) is 0.617. The topological polar surface area (TPSA) is 64.6 Å². The Bertz CT molecular complexity index is 1000. The van der Waals surface area contributed by atoms with Crippen molar-refractivity contribution in [3.63, 3.8) is 0 Å². The van der Waals surface area contributed by atoms with Gasteiger partial charge in [0.2, 0.25) is 10.0 Å². The van der Waals surface area contributed by atoms with Crippen LogP contribution in [0.15, 0.2) is 77.7 Å². The van der Waals surface area contributed by atoms with E-state index in [1.165, 1.54) is 26.4 Å². The first kappa shape index (κ1) is 20.2. The zero-order valence-corrected chi connectivity index (χ0v) is 17.0. The third kappa shape index (κ3) is 4.30. The number of ether oxygens (including phenoxy) is 2. The molecule has 0 heterocycles. The van der Waals surface area contributed by atoms with Gasteiger partial charge in [0.25, 0.3) is 0 Å². The van der Waals surface area contributed by atoms with E-state index in [1.54, 1.807) is 0 Å². The summed E-state index contributed by atoms with van der Waals surface area (Å²) >= 11 is 6.11. The normalized spacial score (nSPS) is 11.4. The Balaban J connectivity index is 2.08. The van der Waals surface area contributed by atoms with Crippen LogP contribution in [0.1, 0.15) is 17.2 Å². The summed E-state index contributed by atoms with van der Waals surface area (Å²) in [5, 5.41) is 0.265. The van der Waals surface area contributed by atoms with Crippen LogP contribution >= 0.6 is 11.6 Å². The fourth-order valence-corrected chi connectivity index (χ4v) is 4.49. The molecule has 0 aliphatic heterocycles. The van der Waals surface area contributed by atoms with Crippen molar-refractivity contribution in [3.8, 4) is 11.5 Å². The Labute approximate surface area is 169 Å². The molecule has 0 unspecified atom stereocenters. The van der Waals surface area contributed by atoms with E-state index in [-0.39, 0.29) is 21.4 Å². The van der Waals surface area contributed by atoms with Gasteiger partial charge in [-0.25, -0.2) is 8.42 Å². The van der Waals surface area contributed by atoms with E-state index < -0.39 is 16.1 Å². The first-order valence-electron chi connectivity index (χ1n) is 8.50. The van der Waals surface area contributed by atoms with Crippen LogP contribution in [0.3, 0.4) is 0 Å². The van der Waals surface area contributed by atoms with Crippen LogP contribution in [0.4, 0.5) is 0 Å². The van der Waals surface area contributed by atoms with Gasteiger partial charge >= 0.3 is 0 Å². The standard InChI is InChI=1S/C21H20ClNO4S/c1-26-18-14-20(19(27-2)13-17(18)22)28(24,25)23-21(15-9-5-3-6-10-15)16-11-7-4-8-12-16/h3-14,21,23H,1-2H3. The molecule has 0 fully saturated rings. The molecule has 0 bridgehead atoms. The molecule has 0 atom stereocenters. The lowest BCUT2D eigenvalue weighted by molar-refractivity contribution is 0.392. The highest BCUT2D eigenvalue weighted by Gasteiger charge is 2.27. The molecular formula is C21H20ClNO4S. The van der Waals surface area contributed by atoms with E-state index in [9.17, 15) is 8.42 Å². The maximum Gasteiger partial charge on any atom is 0.245 e. The molecule has 1 N–H and O–H groups in total. The minimum atomic E-state index is -3.96. The first-order valence-corrected chi connectivity index (χ1v) is 10.4. The van der Waals surface area contributed by atoms with Gasteiger partial charge in [0.1, 0.15) is 16.4 Å². The molecule has 0 radical (unpaired) electrons. The van der Waals surface area contributed by atoms with E-state index in [0.717, 1.165) is 11.1 Å². The average molecular weight is 418 g/mol. The van der Waals surface area contributed by atoms with Gasteiger partial charge in [-0.15, -0.1) is 0 Å². The SMILES string of the molecule is COc1cc(S(=O)(=O)NC(c2ccccc2)c2ccccc2)c(OC)cc1Cl. The van der Waals surface area contributed by atoms with Crippen LogP contribution in [0.25, 0.3) is 0 Å². The summed E-state index contributed by atoms with van der Waals surface area (Å²) in [7, 11) is -1.14. The largest absolute Gasteiger partial charge is 0.495 e. The number of halogens is 1.